The summed E-state index contributed by atoms with van der Waals surface area (Å²) in [4.78, 5) is 34.9. The molecular weight excluding hydrogens is 224 g/mol. The van der Waals surface area contributed by atoms with Crippen LogP contribution in [0.15, 0.2) is 18.2 Å². The molecule has 0 radical (unpaired) electrons. The van der Waals surface area contributed by atoms with Crippen molar-refractivity contribution in [2.45, 2.75) is 19.9 Å². The van der Waals surface area contributed by atoms with Gasteiger partial charge >= 0.3 is 0 Å². The molecule has 1 aromatic rings. The van der Waals surface area contributed by atoms with E-state index in [1.54, 1.807) is 13.8 Å². The minimum Gasteiger partial charge on any atom is -0.272 e. The molecule has 0 unspecified atom stereocenters. The topological polar surface area (TPSA) is 80.5 Å². The molecule has 0 aromatic heterocycles. The average molecular weight is 234 g/mol. The second-order valence-electron chi connectivity index (χ2n) is 4.06. The Hall–Kier alpha value is -2.24. The first kappa shape index (κ1) is 11.3. The van der Waals surface area contributed by atoms with Gasteiger partial charge in [-0.1, -0.05) is 0 Å². The Morgan fingerprint density at radius 2 is 1.76 bits per heavy atom. The summed E-state index contributed by atoms with van der Waals surface area (Å²) in [5.41, 5.74) is 0.155. The SMILES string of the molecule is CC(C)N1C(=O)c2ccc([N+](=O)[O-])cc2C1=O. The number of non-ortho nitro benzene ring substituents is 1. The van der Waals surface area contributed by atoms with Crippen molar-refractivity contribution in [1.82, 2.24) is 4.90 Å². The van der Waals surface area contributed by atoms with Crippen LogP contribution >= 0.6 is 0 Å². The molecule has 0 bridgehead atoms. The Morgan fingerprint density at radius 3 is 2.29 bits per heavy atom. The normalized spacial score (nSPS) is 14.4. The molecule has 0 saturated carbocycles. The lowest BCUT2D eigenvalue weighted by Crippen LogP contribution is -2.35. The molecule has 2 rings (SSSR count). The lowest BCUT2D eigenvalue weighted by molar-refractivity contribution is -0.384. The Balaban J connectivity index is 2.54. The lowest BCUT2D eigenvalue weighted by Gasteiger charge is -2.17. The monoisotopic (exact) mass is 234 g/mol. The van der Waals surface area contributed by atoms with Crippen molar-refractivity contribution in [2.24, 2.45) is 0 Å². The largest absolute Gasteiger partial charge is 0.272 e. The van der Waals surface area contributed by atoms with Crippen LogP contribution in [0.5, 0.6) is 0 Å². The molecule has 1 aromatic carbocycles. The molecule has 6 nitrogen and oxygen atoms in total. The quantitative estimate of drug-likeness (QED) is 0.442. The van der Waals surface area contributed by atoms with Crippen LogP contribution in [0.2, 0.25) is 0 Å². The Bertz CT molecular complexity index is 536. The highest BCUT2D eigenvalue weighted by atomic mass is 16.6. The maximum Gasteiger partial charge on any atom is 0.270 e. The lowest BCUT2D eigenvalue weighted by atomic mass is 10.1. The van der Waals surface area contributed by atoms with Crippen LogP contribution in [0.25, 0.3) is 0 Å². The average Bonchev–Trinajstić information content (AvgIpc) is 2.51. The highest BCUT2D eigenvalue weighted by Gasteiger charge is 2.38. The number of hydrogen-bond acceptors (Lipinski definition) is 4. The maximum absolute atomic E-state index is 11.9. The third-order valence-electron chi connectivity index (χ3n) is 2.63. The van der Waals surface area contributed by atoms with Gasteiger partial charge in [0.25, 0.3) is 17.5 Å². The molecule has 1 heterocycles. The molecule has 1 aliphatic heterocycles. The van der Waals surface area contributed by atoms with Gasteiger partial charge in [-0.25, -0.2) is 0 Å². The third-order valence-corrected chi connectivity index (χ3v) is 2.63. The van der Waals surface area contributed by atoms with E-state index in [9.17, 15) is 19.7 Å². The smallest absolute Gasteiger partial charge is 0.270 e. The first-order chi connectivity index (χ1) is 7.93. The van der Waals surface area contributed by atoms with E-state index in [0.29, 0.717) is 0 Å². The van der Waals surface area contributed by atoms with Gasteiger partial charge in [-0.3, -0.25) is 24.6 Å². The number of fused-ring (bicyclic) bond motifs is 1. The van der Waals surface area contributed by atoms with Crippen molar-refractivity contribution in [3.8, 4) is 0 Å². The minimum absolute atomic E-state index is 0.109. The fourth-order valence-electron chi connectivity index (χ4n) is 1.83. The fourth-order valence-corrected chi connectivity index (χ4v) is 1.83. The van der Waals surface area contributed by atoms with Crippen LogP contribution in [-0.2, 0) is 0 Å². The number of amides is 2. The number of nitro groups is 1. The number of benzene rings is 1. The third kappa shape index (κ3) is 1.57. The number of carbonyl (C=O) groups excluding carboxylic acids is 2. The summed E-state index contributed by atoms with van der Waals surface area (Å²) >= 11 is 0. The summed E-state index contributed by atoms with van der Waals surface area (Å²) in [7, 11) is 0. The van der Waals surface area contributed by atoms with Crippen LogP contribution in [0.3, 0.4) is 0 Å². The number of rotatable bonds is 2. The zero-order chi connectivity index (χ0) is 12.7. The maximum atomic E-state index is 11.9. The van der Waals surface area contributed by atoms with Gasteiger partial charge in [-0.15, -0.1) is 0 Å². The highest BCUT2D eigenvalue weighted by Crippen LogP contribution is 2.27. The minimum atomic E-state index is -0.587. The Kier molecular flexibility index (Phi) is 2.42. The van der Waals surface area contributed by atoms with Gasteiger partial charge in [0.05, 0.1) is 16.1 Å². The van der Waals surface area contributed by atoms with Crippen LogP contribution in [-0.4, -0.2) is 27.7 Å². The van der Waals surface area contributed by atoms with Crippen LogP contribution in [0.1, 0.15) is 34.6 Å². The van der Waals surface area contributed by atoms with E-state index < -0.39 is 16.7 Å². The van der Waals surface area contributed by atoms with Crippen LogP contribution in [0.4, 0.5) is 5.69 Å². The summed E-state index contributed by atoms with van der Waals surface area (Å²) in [5, 5.41) is 10.6. The standard InChI is InChI=1S/C11H10N2O4/c1-6(2)12-10(14)8-4-3-7(13(16)17)5-9(8)11(12)15/h3-6H,1-2H3. The van der Waals surface area contributed by atoms with Gasteiger partial charge < -0.3 is 0 Å². The van der Waals surface area contributed by atoms with E-state index in [1.165, 1.54) is 12.1 Å². The van der Waals surface area contributed by atoms with Crippen LogP contribution < -0.4 is 0 Å². The highest BCUT2D eigenvalue weighted by molar-refractivity contribution is 6.21. The molecule has 1 aliphatic rings. The van der Waals surface area contributed by atoms with Gasteiger partial charge in [-0.2, -0.15) is 0 Å². The van der Waals surface area contributed by atoms with Crippen molar-refractivity contribution in [3.63, 3.8) is 0 Å². The number of carbonyl (C=O) groups is 2. The van der Waals surface area contributed by atoms with E-state index in [1.807, 2.05) is 0 Å². The van der Waals surface area contributed by atoms with E-state index >= 15 is 0 Å². The predicted octanol–water partition coefficient (Wildman–Crippen LogP) is 1.60. The van der Waals surface area contributed by atoms with Gasteiger partial charge in [0.2, 0.25) is 0 Å². The molecule has 88 valence electrons. The van der Waals surface area contributed by atoms with Gasteiger partial charge in [0.1, 0.15) is 0 Å². The van der Waals surface area contributed by atoms with Gasteiger partial charge in [0, 0.05) is 18.2 Å². The Morgan fingerprint density at radius 1 is 1.18 bits per heavy atom. The molecule has 0 atom stereocenters. The molecule has 6 heteroatoms. The Labute approximate surface area is 97.0 Å². The van der Waals surface area contributed by atoms with Crippen molar-refractivity contribution in [3.05, 3.63) is 39.4 Å². The van der Waals surface area contributed by atoms with Gasteiger partial charge in [0.15, 0.2) is 0 Å². The zero-order valence-electron chi connectivity index (χ0n) is 9.34. The molecule has 0 saturated heterocycles. The first-order valence-electron chi connectivity index (χ1n) is 5.10. The van der Waals surface area contributed by atoms with E-state index in [4.69, 9.17) is 0 Å². The molecule has 0 spiro atoms. The molecule has 2 amide bonds. The van der Waals surface area contributed by atoms with E-state index in [0.717, 1.165) is 11.0 Å². The van der Waals surface area contributed by atoms with Gasteiger partial charge in [-0.05, 0) is 19.9 Å². The molecule has 0 N–H and O–H groups in total. The molecule has 17 heavy (non-hydrogen) atoms. The summed E-state index contributed by atoms with van der Waals surface area (Å²) in [6.07, 6.45) is 0. The van der Waals surface area contributed by atoms with E-state index in [-0.39, 0.29) is 22.9 Å². The van der Waals surface area contributed by atoms with Crippen molar-refractivity contribution in [1.29, 1.82) is 0 Å². The molecule has 0 aliphatic carbocycles. The summed E-state index contributed by atoms with van der Waals surface area (Å²) in [6.45, 7) is 3.44. The summed E-state index contributed by atoms with van der Waals surface area (Å²) in [5.74, 6) is -0.862. The second-order valence-corrected chi connectivity index (χ2v) is 4.06. The number of imide groups is 1. The molecular formula is C11H10N2O4. The second kappa shape index (κ2) is 3.65. The van der Waals surface area contributed by atoms with Crippen LogP contribution in [0, 0.1) is 10.1 Å². The summed E-state index contributed by atoms with van der Waals surface area (Å²) in [6, 6.07) is 3.45. The first-order valence-corrected chi connectivity index (χ1v) is 5.10. The van der Waals surface area contributed by atoms with E-state index in [2.05, 4.69) is 0 Å². The predicted molar refractivity (Wildman–Crippen MR) is 58.7 cm³/mol. The zero-order valence-corrected chi connectivity index (χ0v) is 9.34. The molecule has 0 fully saturated rings. The van der Waals surface area contributed by atoms with Crippen molar-refractivity contribution in [2.75, 3.05) is 0 Å². The fraction of sp³-hybridized carbons (Fsp3) is 0.273. The number of nitro benzene ring substituents is 1. The number of nitrogens with zero attached hydrogens (tertiary/aromatic N) is 2. The summed E-state index contributed by atoms with van der Waals surface area (Å²) < 4.78 is 0. The number of hydrogen-bond donors (Lipinski definition) is 0. The van der Waals surface area contributed by atoms with Crippen molar-refractivity contribution >= 4 is 17.5 Å². The van der Waals surface area contributed by atoms with Crippen molar-refractivity contribution < 1.29 is 14.5 Å².